The van der Waals surface area contributed by atoms with Gasteiger partial charge in [-0.15, -0.1) is 0 Å². The van der Waals surface area contributed by atoms with Crippen molar-refractivity contribution in [2.45, 2.75) is 83.6 Å². The van der Waals surface area contributed by atoms with E-state index in [4.69, 9.17) is 9.16 Å². The van der Waals surface area contributed by atoms with Gasteiger partial charge < -0.3 is 14.3 Å². The molecule has 12 heteroatoms. The molecule has 1 saturated heterocycles. The van der Waals surface area contributed by atoms with E-state index in [1.54, 1.807) is 13.8 Å². The van der Waals surface area contributed by atoms with Crippen molar-refractivity contribution in [1.29, 1.82) is 0 Å². The summed E-state index contributed by atoms with van der Waals surface area (Å²) in [5.41, 5.74) is -2.98. The van der Waals surface area contributed by atoms with Gasteiger partial charge in [-0.1, -0.05) is 20.8 Å². The summed E-state index contributed by atoms with van der Waals surface area (Å²) in [7, 11) is -2.37. The van der Waals surface area contributed by atoms with Crippen LogP contribution in [0.3, 0.4) is 0 Å². The van der Waals surface area contributed by atoms with Crippen LogP contribution in [0.25, 0.3) is 0 Å². The average molecular weight is 495 g/mol. The lowest BCUT2D eigenvalue weighted by Crippen LogP contribution is -2.55. The normalized spacial score (nSPS) is 23.4. The summed E-state index contributed by atoms with van der Waals surface area (Å²) in [4.78, 5) is 53.3. The number of aliphatic hydroxyl groups is 1. The first-order valence-electron chi connectivity index (χ1n) is 11.2. The van der Waals surface area contributed by atoms with Crippen LogP contribution in [0.2, 0.25) is 18.1 Å². The largest absolute Gasteiger partial charge is 0.411 e. The molecular formula is C22H34N4O7Si. The molecule has 1 fully saturated rings. The van der Waals surface area contributed by atoms with Gasteiger partial charge in [0.15, 0.2) is 8.32 Å². The second kappa shape index (κ2) is 8.91. The Kier molecular flexibility index (Phi) is 6.83. The molecule has 3 heterocycles. The zero-order valence-corrected chi connectivity index (χ0v) is 21.7. The Labute approximate surface area is 197 Å². The number of nitrogens with one attached hydrogen (secondary N) is 2. The summed E-state index contributed by atoms with van der Waals surface area (Å²) in [5, 5.41) is 10.4. The number of ether oxygens (including phenoxy) is 1. The molecule has 188 valence electrons. The Balaban J connectivity index is 2.11. The van der Waals surface area contributed by atoms with Crippen molar-refractivity contribution in [3.8, 4) is 0 Å². The molecule has 0 unspecified atom stereocenters. The van der Waals surface area contributed by atoms with Gasteiger partial charge in [-0.25, -0.2) is 9.59 Å². The molecule has 2 aromatic heterocycles. The fourth-order valence-electron chi connectivity index (χ4n) is 3.80. The van der Waals surface area contributed by atoms with Gasteiger partial charge in [0.2, 0.25) is 0 Å². The smallest absolute Gasteiger partial charge is 0.330 e. The Morgan fingerprint density at radius 1 is 1.09 bits per heavy atom. The highest BCUT2D eigenvalue weighted by Crippen LogP contribution is 2.44. The van der Waals surface area contributed by atoms with Crippen LogP contribution in [0, 0.1) is 13.8 Å². The van der Waals surface area contributed by atoms with Gasteiger partial charge in [0.1, 0.15) is 11.8 Å². The maximum Gasteiger partial charge on any atom is 0.330 e. The molecule has 0 saturated carbocycles. The molecule has 3 rings (SSSR count). The number of aliphatic hydroxyl groups excluding tert-OH is 1. The van der Waals surface area contributed by atoms with E-state index >= 15 is 0 Å². The SMILES string of the molecule is Cc1cn(C[C@]2(CO)O[C@@H](n3cc(C)c(=O)[nH]c3=O)C[C@@H]2O[Si](C)(C)C(C)(C)C)c(=O)[nH]c1=O. The van der Waals surface area contributed by atoms with Crippen molar-refractivity contribution < 1.29 is 14.3 Å². The lowest BCUT2D eigenvalue weighted by molar-refractivity contribution is -0.134. The van der Waals surface area contributed by atoms with E-state index in [9.17, 15) is 24.3 Å². The number of aryl methyl sites for hydroxylation is 2. The molecule has 0 radical (unpaired) electrons. The molecule has 1 aliphatic heterocycles. The van der Waals surface area contributed by atoms with Gasteiger partial charge >= 0.3 is 11.4 Å². The van der Waals surface area contributed by atoms with Gasteiger partial charge in [0.05, 0.1) is 19.3 Å². The molecular weight excluding hydrogens is 460 g/mol. The molecule has 11 nitrogen and oxygen atoms in total. The summed E-state index contributed by atoms with van der Waals surface area (Å²) in [6.45, 7) is 12.9. The summed E-state index contributed by atoms with van der Waals surface area (Å²) in [6, 6.07) is 0. The topological polar surface area (TPSA) is 148 Å². The fourth-order valence-corrected chi connectivity index (χ4v) is 5.18. The van der Waals surface area contributed by atoms with Crippen LogP contribution >= 0.6 is 0 Å². The Bertz CT molecular complexity index is 1300. The number of H-pyrrole nitrogens is 2. The van der Waals surface area contributed by atoms with Gasteiger partial charge in [-0.05, 0) is 32.0 Å². The average Bonchev–Trinajstić information content (AvgIpc) is 3.05. The quantitative estimate of drug-likeness (QED) is 0.502. The third kappa shape index (κ3) is 4.81. The summed E-state index contributed by atoms with van der Waals surface area (Å²) in [6.07, 6.45) is 1.54. The number of hydrogen-bond donors (Lipinski definition) is 3. The zero-order chi connectivity index (χ0) is 25.6. The fraction of sp³-hybridized carbons (Fsp3) is 0.636. The first-order valence-corrected chi connectivity index (χ1v) is 14.1. The third-order valence-electron chi connectivity index (χ3n) is 6.97. The summed E-state index contributed by atoms with van der Waals surface area (Å²) < 4.78 is 15.5. The minimum Gasteiger partial charge on any atom is -0.411 e. The van der Waals surface area contributed by atoms with Crippen LogP contribution in [-0.2, 0) is 15.7 Å². The summed E-state index contributed by atoms with van der Waals surface area (Å²) >= 11 is 0. The number of aromatic amines is 2. The Hall–Kier alpha value is -2.54. The molecule has 0 aliphatic carbocycles. The minimum absolute atomic E-state index is 0.104. The van der Waals surface area contributed by atoms with Crippen LogP contribution < -0.4 is 22.5 Å². The van der Waals surface area contributed by atoms with E-state index in [0.29, 0.717) is 11.1 Å². The van der Waals surface area contributed by atoms with Crippen LogP contribution in [0.1, 0.15) is 44.5 Å². The van der Waals surface area contributed by atoms with E-state index in [-0.39, 0.29) is 18.0 Å². The highest BCUT2D eigenvalue weighted by Gasteiger charge is 2.54. The van der Waals surface area contributed by atoms with E-state index in [1.807, 2.05) is 0 Å². The molecule has 0 bridgehead atoms. The third-order valence-corrected chi connectivity index (χ3v) is 11.5. The molecule has 3 N–H and O–H groups in total. The second-order valence-corrected chi connectivity index (χ2v) is 15.3. The second-order valence-electron chi connectivity index (χ2n) is 10.6. The van der Waals surface area contributed by atoms with Crippen molar-refractivity contribution in [3.05, 3.63) is 65.2 Å². The van der Waals surface area contributed by atoms with Gasteiger partial charge in [0, 0.05) is 29.9 Å². The van der Waals surface area contributed by atoms with Crippen molar-refractivity contribution in [3.63, 3.8) is 0 Å². The van der Waals surface area contributed by atoms with Gasteiger partial charge in [0.25, 0.3) is 11.1 Å². The van der Waals surface area contributed by atoms with Gasteiger partial charge in [-0.3, -0.25) is 28.7 Å². The van der Waals surface area contributed by atoms with E-state index in [2.05, 4.69) is 43.8 Å². The van der Waals surface area contributed by atoms with E-state index in [1.165, 1.54) is 21.5 Å². The highest BCUT2D eigenvalue weighted by atomic mass is 28.4. The van der Waals surface area contributed by atoms with Crippen LogP contribution in [0.4, 0.5) is 0 Å². The highest BCUT2D eigenvalue weighted by molar-refractivity contribution is 6.74. The van der Waals surface area contributed by atoms with Gasteiger partial charge in [-0.2, -0.15) is 0 Å². The molecule has 1 aliphatic rings. The first-order chi connectivity index (χ1) is 15.6. The number of rotatable bonds is 6. The zero-order valence-electron chi connectivity index (χ0n) is 20.7. The predicted molar refractivity (Wildman–Crippen MR) is 129 cm³/mol. The Morgan fingerprint density at radius 3 is 2.21 bits per heavy atom. The maximum absolute atomic E-state index is 12.6. The number of nitrogens with zero attached hydrogens (tertiary/aromatic N) is 2. The standard InChI is InChI=1S/C22H34N4O7Si/c1-13-9-25(19(30)23-17(13)28)11-22(12-27)15(33-34(6,7)21(3,4)5)8-16(32-22)26-10-14(2)18(29)24-20(26)31/h9-10,15-16,27H,8,11-12H2,1-7H3,(H,23,28,30)(H,24,29,31)/t15-,16+,22+/m0/s1. The molecule has 0 amide bonds. The maximum atomic E-state index is 12.6. The van der Waals surface area contributed by atoms with Crippen molar-refractivity contribution >= 4 is 8.32 Å². The van der Waals surface area contributed by atoms with Crippen molar-refractivity contribution in [1.82, 2.24) is 19.1 Å². The van der Waals surface area contributed by atoms with Crippen LogP contribution in [0.5, 0.6) is 0 Å². The summed E-state index contributed by atoms with van der Waals surface area (Å²) in [5.74, 6) is 0. The molecule has 3 atom stereocenters. The predicted octanol–water partition coefficient (Wildman–Crippen LogP) is 0.744. The lowest BCUT2D eigenvalue weighted by Gasteiger charge is -2.42. The molecule has 2 aromatic rings. The van der Waals surface area contributed by atoms with E-state index < -0.39 is 55.4 Å². The minimum atomic E-state index is -2.37. The lowest BCUT2D eigenvalue weighted by atomic mass is 9.97. The van der Waals surface area contributed by atoms with Crippen molar-refractivity contribution in [2.24, 2.45) is 0 Å². The first kappa shape index (κ1) is 26.1. The number of aromatic nitrogens is 4. The monoisotopic (exact) mass is 494 g/mol. The van der Waals surface area contributed by atoms with Crippen molar-refractivity contribution in [2.75, 3.05) is 6.61 Å². The molecule has 34 heavy (non-hydrogen) atoms. The van der Waals surface area contributed by atoms with E-state index in [0.717, 1.165) is 0 Å². The molecule has 0 aromatic carbocycles. The van der Waals surface area contributed by atoms with Crippen LogP contribution in [0.15, 0.2) is 31.6 Å². The molecule has 0 spiro atoms. The van der Waals surface area contributed by atoms with Crippen LogP contribution in [-0.4, -0.2) is 50.8 Å². The Morgan fingerprint density at radius 2 is 1.65 bits per heavy atom. The number of hydrogen-bond acceptors (Lipinski definition) is 7.